The van der Waals surface area contributed by atoms with Crippen LogP contribution in [-0.2, 0) is 7.05 Å². The molecule has 0 saturated heterocycles. The number of aromatic amines is 1. The summed E-state index contributed by atoms with van der Waals surface area (Å²) >= 11 is 0. The molecule has 0 unspecified atom stereocenters. The van der Waals surface area contributed by atoms with Gasteiger partial charge in [0.15, 0.2) is 0 Å². The molecule has 5 nitrogen and oxygen atoms in total. The van der Waals surface area contributed by atoms with Crippen molar-refractivity contribution < 1.29 is 4.79 Å². The van der Waals surface area contributed by atoms with Gasteiger partial charge in [-0.3, -0.25) is 9.59 Å². The van der Waals surface area contributed by atoms with Crippen LogP contribution in [0.25, 0.3) is 10.9 Å². The van der Waals surface area contributed by atoms with E-state index in [1.807, 2.05) is 31.3 Å². The van der Waals surface area contributed by atoms with Gasteiger partial charge in [0.05, 0.1) is 11.6 Å². The summed E-state index contributed by atoms with van der Waals surface area (Å²) in [6, 6.07) is 10.9. The lowest BCUT2D eigenvalue weighted by atomic mass is 10.1. The van der Waals surface area contributed by atoms with Crippen molar-refractivity contribution >= 4 is 16.8 Å². The number of benzene rings is 1. The Kier molecular flexibility index (Phi) is 3.55. The Morgan fingerprint density at radius 3 is 2.82 bits per heavy atom. The minimum atomic E-state index is -0.197. The van der Waals surface area contributed by atoms with E-state index in [1.54, 1.807) is 19.3 Å². The van der Waals surface area contributed by atoms with Crippen molar-refractivity contribution in [2.24, 2.45) is 7.05 Å². The van der Waals surface area contributed by atoms with Gasteiger partial charge in [0.2, 0.25) is 5.56 Å². The number of fused-ring (bicyclic) bond motifs is 1. The fourth-order valence-corrected chi connectivity index (χ4v) is 2.43. The Balaban J connectivity index is 1.80. The van der Waals surface area contributed by atoms with Crippen LogP contribution >= 0.6 is 0 Å². The maximum absolute atomic E-state index is 12.3. The van der Waals surface area contributed by atoms with E-state index >= 15 is 0 Å². The highest BCUT2D eigenvalue weighted by Gasteiger charge is 2.12. The number of amides is 1. The van der Waals surface area contributed by atoms with Gasteiger partial charge < -0.3 is 14.9 Å². The lowest BCUT2D eigenvalue weighted by Gasteiger charge is -2.15. The predicted octanol–water partition coefficient (Wildman–Crippen LogP) is 2.36. The van der Waals surface area contributed by atoms with Crippen molar-refractivity contribution in [3.05, 3.63) is 70.3 Å². The standard InChI is InChI=1S/C17H17N3O2/c1-11(12-3-5-15-13(9-12)7-8-18-15)19-17(22)14-4-6-16(21)20(2)10-14/h3-11,18H,1-2H3,(H,19,22)/t11-/m1/s1. The Labute approximate surface area is 127 Å². The van der Waals surface area contributed by atoms with Gasteiger partial charge in [-0.15, -0.1) is 0 Å². The maximum atomic E-state index is 12.3. The van der Waals surface area contributed by atoms with E-state index in [2.05, 4.69) is 16.4 Å². The molecule has 0 bridgehead atoms. The molecule has 22 heavy (non-hydrogen) atoms. The van der Waals surface area contributed by atoms with Crippen LogP contribution in [0.2, 0.25) is 0 Å². The zero-order chi connectivity index (χ0) is 15.7. The molecule has 1 atom stereocenters. The fourth-order valence-electron chi connectivity index (χ4n) is 2.43. The molecule has 0 spiro atoms. The number of nitrogens with zero attached hydrogens (tertiary/aromatic N) is 1. The first-order valence-corrected chi connectivity index (χ1v) is 7.09. The van der Waals surface area contributed by atoms with Crippen LogP contribution in [0, 0.1) is 0 Å². The van der Waals surface area contributed by atoms with Crippen LogP contribution in [0.4, 0.5) is 0 Å². The van der Waals surface area contributed by atoms with Crippen LogP contribution in [0.1, 0.15) is 28.9 Å². The molecule has 2 aromatic heterocycles. The average Bonchev–Trinajstić information content (AvgIpc) is 2.97. The zero-order valence-corrected chi connectivity index (χ0v) is 12.5. The monoisotopic (exact) mass is 295 g/mol. The highest BCUT2D eigenvalue weighted by atomic mass is 16.2. The number of H-pyrrole nitrogens is 1. The molecule has 3 rings (SSSR count). The average molecular weight is 295 g/mol. The number of aromatic nitrogens is 2. The molecule has 0 aliphatic rings. The maximum Gasteiger partial charge on any atom is 0.253 e. The van der Waals surface area contributed by atoms with Crippen LogP contribution < -0.4 is 10.9 Å². The molecule has 0 radical (unpaired) electrons. The van der Waals surface area contributed by atoms with Gasteiger partial charge in [-0.05, 0) is 42.1 Å². The number of carbonyl (C=O) groups excluding carboxylic acids is 1. The topological polar surface area (TPSA) is 66.9 Å². The van der Waals surface area contributed by atoms with Crippen LogP contribution in [0.5, 0.6) is 0 Å². The largest absolute Gasteiger partial charge is 0.361 e. The SMILES string of the molecule is C[C@@H](NC(=O)c1ccc(=O)n(C)c1)c1ccc2[nH]ccc2c1. The van der Waals surface area contributed by atoms with Crippen LogP contribution in [-0.4, -0.2) is 15.5 Å². The van der Waals surface area contributed by atoms with Crippen molar-refractivity contribution in [2.75, 3.05) is 0 Å². The molecule has 0 aliphatic carbocycles. The van der Waals surface area contributed by atoms with E-state index < -0.39 is 0 Å². The van der Waals surface area contributed by atoms with E-state index in [9.17, 15) is 9.59 Å². The van der Waals surface area contributed by atoms with Crippen molar-refractivity contribution in [3.8, 4) is 0 Å². The smallest absolute Gasteiger partial charge is 0.253 e. The summed E-state index contributed by atoms with van der Waals surface area (Å²) in [6.07, 6.45) is 3.43. The summed E-state index contributed by atoms with van der Waals surface area (Å²) in [4.78, 5) is 26.8. The second-order valence-electron chi connectivity index (χ2n) is 5.39. The molecule has 5 heteroatoms. The summed E-state index contributed by atoms with van der Waals surface area (Å²) in [5, 5.41) is 4.06. The van der Waals surface area contributed by atoms with E-state index in [1.165, 1.54) is 10.6 Å². The molecule has 0 saturated carbocycles. The Bertz CT molecular complexity index is 892. The van der Waals surface area contributed by atoms with Crippen molar-refractivity contribution in [2.45, 2.75) is 13.0 Å². The number of aryl methyl sites for hydroxylation is 1. The summed E-state index contributed by atoms with van der Waals surface area (Å²) in [5.74, 6) is -0.197. The molecular weight excluding hydrogens is 278 g/mol. The minimum Gasteiger partial charge on any atom is -0.361 e. The van der Waals surface area contributed by atoms with E-state index in [-0.39, 0.29) is 17.5 Å². The van der Waals surface area contributed by atoms with E-state index in [4.69, 9.17) is 0 Å². The number of pyridine rings is 1. The third-order valence-electron chi connectivity index (χ3n) is 3.77. The zero-order valence-electron chi connectivity index (χ0n) is 12.5. The third kappa shape index (κ3) is 2.65. The second-order valence-corrected chi connectivity index (χ2v) is 5.39. The number of carbonyl (C=O) groups is 1. The van der Waals surface area contributed by atoms with Gasteiger partial charge in [0.1, 0.15) is 0 Å². The molecule has 2 N–H and O–H groups in total. The molecule has 3 aromatic rings. The Morgan fingerprint density at radius 2 is 2.05 bits per heavy atom. The third-order valence-corrected chi connectivity index (χ3v) is 3.77. The molecule has 2 heterocycles. The number of rotatable bonds is 3. The van der Waals surface area contributed by atoms with Crippen LogP contribution in [0.3, 0.4) is 0 Å². The van der Waals surface area contributed by atoms with Gasteiger partial charge in [0.25, 0.3) is 5.91 Å². The molecular formula is C17H17N3O2. The van der Waals surface area contributed by atoms with Gasteiger partial charge in [-0.25, -0.2) is 0 Å². The summed E-state index contributed by atoms with van der Waals surface area (Å²) in [7, 11) is 1.63. The van der Waals surface area contributed by atoms with E-state index in [0.29, 0.717) is 5.56 Å². The molecule has 112 valence electrons. The molecule has 1 amide bonds. The Hall–Kier alpha value is -2.82. The summed E-state index contributed by atoms with van der Waals surface area (Å²) in [6.45, 7) is 1.94. The first-order valence-electron chi connectivity index (χ1n) is 7.09. The number of hydrogen-bond acceptors (Lipinski definition) is 2. The molecule has 0 fully saturated rings. The molecule has 0 aliphatic heterocycles. The second kappa shape index (κ2) is 5.52. The fraction of sp³-hybridized carbons (Fsp3) is 0.176. The van der Waals surface area contributed by atoms with Crippen molar-refractivity contribution in [1.29, 1.82) is 0 Å². The van der Waals surface area contributed by atoms with Gasteiger partial charge in [-0.2, -0.15) is 0 Å². The quantitative estimate of drug-likeness (QED) is 0.779. The number of hydrogen-bond donors (Lipinski definition) is 2. The minimum absolute atomic E-state index is 0.121. The summed E-state index contributed by atoms with van der Waals surface area (Å²) < 4.78 is 1.39. The normalized spacial score (nSPS) is 12.3. The van der Waals surface area contributed by atoms with Crippen LogP contribution in [0.15, 0.2) is 53.6 Å². The summed E-state index contributed by atoms with van der Waals surface area (Å²) in [5.41, 5.74) is 2.43. The highest BCUT2D eigenvalue weighted by molar-refractivity contribution is 5.94. The van der Waals surface area contributed by atoms with Gasteiger partial charge in [0, 0.05) is 31.0 Å². The lowest BCUT2D eigenvalue weighted by Crippen LogP contribution is -2.28. The Morgan fingerprint density at radius 1 is 1.23 bits per heavy atom. The lowest BCUT2D eigenvalue weighted by molar-refractivity contribution is 0.0939. The first kappa shape index (κ1) is 14.1. The highest BCUT2D eigenvalue weighted by Crippen LogP contribution is 2.19. The van der Waals surface area contributed by atoms with Crippen molar-refractivity contribution in [3.63, 3.8) is 0 Å². The predicted molar refractivity (Wildman–Crippen MR) is 85.9 cm³/mol. The number of nitrogens with one attached hydrogen (secondary N) is 2. The van der Waals surface area contributed by atoms with Crippen molar-refractivity contribution in [1.82, 2.24) is 14.9 Å². The van der Waals surface area contributed by atoms with Gasteiger partial charge >= 0.3 is 0 Å². The van der Waals surface area contributed by atoms with Gasteiger partial charge in [-0.1, -0.05) is 6.07 Å². The molecule has 1 aromatic carbocycles. The first-order chi connectivity index (χ1) is 10.5. The van der Waals surface area contributed by atoms with E-state index in [0.717, 1.165) is 16.5 Å².